The Morgan fingerprint density at radius 2 is 2.03 bits per heavy atom. The molecule has 0 fully saturated rings. The van der Waals surface area contributed by atoms with Gasteiger partial charge in [0.1, 0.15) is 12.0 Å². The van der Waals surface area contributed by atoms with E-state index in [2.05, 4.69) is 10.3 Å². The van der Waals surface area contributed by atoms with Crippen molar-refractivity contribution in [1.29, 1.82) is 0 Å². The Morgan fingerprint density at radius 3 is 2.70 bits per heavy atom. The van der Waals surface area contributed by atoms with Gasteiger partial charge in [-0.2, -0.15) is 9.48 Å². The van der Waals surface area contributed by atoms with Crippen LogP contribution in [0.25, 0.3) is 0 Å². The topological polar surface area (TPSA) is 91.1 Å². The first-order valence-electron chi connectivity index (χ1n) is 9.74. The van der Waals surface area contributed by atoms with Gasteiger partial charge in [0.2, 0.25) is 0 Å². The molecule has 1 N–H and O–H groups in total. The second-order valence-corrected chi connectivity index (χ2v) is 7.27. The minimum atomic E-state index is -0.844. The number of urea groups is 1. The zero-order valence-electron chi connectivity index (χ0n) is 17.1. The largest absolute Gasteiger partial charge is 0.496 e. The number of nitrogens with one attached hydrogen (secondary N) is 1. The molecule has 0 aliphatic carbocycles. The number of dihydropyridines is 1. The number of ether oxygens (including phenoxy) is 1. The maximum absolute atomic E-state index is 13.2. The fourth-order valence-corrected chi connectivity index (χ4v) is 3.60. The Kier molecular flexibility index (Phi) is 6.66. The molecule has 1 aromatic carbocycles. The summed E-state index contributed by atoms with van der Waals surface area (Å²) in [5.41, 5.74) is 1.54. The van der Waals surface area contributed by atoms with E-state index in [9.17, 15) is 14.4 Å². The van der Waals surface area contributed by atoms with Crippen molar-refractivity contribution in [1.82, 2.24) is 10.2 Å². The number of allylic oxidation sites excluding steroid dienone is 1. The van der Waals surface area contributed by atoms with Crippen molar-refractivity contribution in [2.24, 2.45) is 10.9 Å². The van der Waals surface area contributed by atoms with Crippen molar-refractivity contribution in [3.63, 3.8) is 0 Å². The van der Waals surface area contributed by atoms with Crippen LogP contribution in [0.1, 0.15) is 25.8 Å². The van der Waals surface area contributed by atoms with E-state index in [1.807, 2.05) is 19.9 Å². The van der Waals surface area contributed by atoms with Gasteiger partial charge in [0, 0.05) is 17.1 Å². The monoisotopic (exact) mass is 431 g/mol. The Morgan fingerprint density at radius 1 is 1.30 bits per heavy atom. The van der Waals surface area contributed by atoms with E-state index in [0.717, 1.165) is 16.0 Å². The van der Waals surface area contributed by atoms with Crippen LogP contribution in [-0.2, 0) is 20.9 Å². The summed E-state index contributed by atoms with van der Waals surface area (Å²) in [5.74, 6) is -1.05. The molecule has 30 heavy (non-hydrogen) atoms. The number of halogens is 1. The first kappa shape index (κ1) is 21.7. The molecule has 1 aromatic rings. The quantitative estimate of drug-likeness (QED) is 0.671. The van der Waals surface area contributed by atoms with E-state index in [4.69, 9.17) is 16.3 Å². The number of amidine groups is 1. The maximum Gasteiger partial charge on any atom is 0.446 e. The molecule has 0 bridgehead atoms. The summed E-state index contributed by atoms with van der Waals surface area (Å²) in [6, 6.07) is 6.52. The average molecular weight is 432 g/mol. The predicted molar refractivity (Wildman–Crippen MR) is 113 cm³/mol. The summed E-state index contributed by atoms with van der Waals surface area (Å²) in [5, 5.41) is 3.23. The lowest BCUT2D eigenvalue weighted by molar-refractivity contribution is -0.408. The normalized spacial score (nSPS) is 18.7. The number of hydrogen-bond donors (Lipinski definition) is 1. The van der Waals surface area contributed by atoms with E-state index in [0.29, 0.717) is 29.6 Å². The van der Waals surface area contributed by atoms with Crippen molar-refractivity contribution >= 4 is 41.5 Å². The number of carbonyl (C=O) groups is 3. The second kappa shape index (κ2) is 9.21. The average Bonchev–Trinajstić information content (AvgIpc) is 2.74. The zero-order chi connectivity index (χ0) is 21.8. The molecule has 2 aliphatic heterocycles. The minimum Gasteiger partial charge on any atom is -0.496 e. The lowest BCUT2D eigenvalue weighted by atomic mass is 9.94. The molecular weight excluding hydrogens is 408 g/mol. The molecule has 0 saturated carbocycles. The summed E-state index contributed by atoms with van der Waals surface area (Å²) in [6.07, 6.45) is 2.26. The van der Waals surface area contributed by atoms with Gasteiger partial charge in [-0.3, -0.25) is 9.59 Å². The van der Waals surface area contributed by atoms with E-state index in [1.165, 1.54) is 11.6 Å². The molecule has 8 nitrogen and oxygen atoms in total. The molecule has 1 unspecified atom stereocenters. The molecule has 0 saturated heterocycles. The van der Waals surface area contributed by atoms with E-state index < -0.39 is 30.3 Å². The number of imide groups is 1. The Bertz CT molecular complexity index is 983. The van der Waals surface area contributed by atoms with E-state index in [-0.39, 0.29) is 6.54 Å². The predicted octanol–water partition coefficient (Wildman–Crippen LogP) is 2.36. The Balaban J connectivity index is 1.80. The minimum absolute atomic E-state index is 0.194. The highest BCUT2D eigenvalue weighted by atomic mass is 35.5. The molecule has 9 heteroatoms. The summed E-state index contributed by atoms with van der Waals surface area (Å²) in [7, 11) is 1.53. The molecule has 158 valence electrons. The number of aliphatic imine (C=N–C) groups is 1. The fraction of sp³-hybridized carbons (Fsp3) is 0.381. The van der Waals surface area contributed by atoms with Crippen LogP contribution in [0.3, 0.4) is 0 Å². The van der Waals surface area contributed by atoms with Gasteiger partial charge in [-0.1, -0.05) is 36.7 Å². The summed E-state index contributed by atoms with van der Waals surface area (Å²) < 4.78 is 7.04. The Hall–Kier alpha value is -3.00. The number of fused-ring (bicyclic) bond motifs is 1. The van der Waals surface area contributed by atoms with Crippen molar-refractivity contribution in [3.8, 4) is 0 Å². The van der Waals surface area contributed by atoms with Crippen LogP contribution in [-0.4, -0.2) is 59.6 Å². The standard InChI is InChI=1S/C21H23ClN4O4/c1-4-13-10-24-19-17(18(13)30-5-2)20(28)26(21(29)25(19)3)12-16(27)23-11-14-8-6-7-9-15(14)22/h6-10,17H,4-5,11-12H2,1-3H3/p+1. The first-order chi connectivity index (χ1) is 14.4. The molecule has 1 atom stereocenters. The van der Waals surface area contributed by atoms with Crippen molar-refractivity contribution in [2.75, 3.05) is 20.2 Å². The van der Waals surface area contributed by atoms with Gasteiger partial charge < -0.3 is 10.1 Å². The Labute approximate surface area is 179 Å². The van der Waals surface area contributed by atoms with Gasteiger partial charge >= 0.3 is 11.9 Å². The van der Waals surface area contributed by atoms with Crippen molar-refractivity contribution in [2.45, 2.75) is 26.8 Å². The molecular formula is C21H24ClN4O4+. The van der Waals surface area contributed by atoms with Gasteiger partial charge in [-0.25, -0.2) is 4.79 Å². The summed E-state index contributed by atoms with van der Waals surface area (Å²) in [4.78, 5) is 43.7. The maximum atomic E-state index is 13.2. The van der Waals surface area contributed by atoms with Crippen LogP contribution in [0.4, 0.5) is 4.79 Å². The number of amides is 4. The number of benzene rings is 1. The van der Waals surface area contributed by atoms with Crippen LogP contribution < -0.4 is 5.32 Å². The zero-order valence-corrected chi connectivity index (χ0v) is 17.9. The third-order valence-electron chi connectivity index (χ3n) is 4.98. The molecule has 2 heterocycles. The fourth-order valence-electron chi connectivity index (χ4n) is 3.39. The van der Waals surface area contributed by atoms with Gasteiger partial charge in [0.15, 0.2) is 12.5 Å². The van der Waals surface area contributed by atoms with Gasteiger partial charge in [0.25, 0.3) is 11.7 Å². The molecule has 2 aliphatic rings. The third-order valence-corrected chi connectivity index (χ3v) is 5.35. The van der Waals surface area contributed by atoms with Gasteiger partial charge in [-0.15, -0.1) is 4.99 Å². The van der Waals surface area contributed by atoms with Gasteiger partial charge in [0.05, 0.1) is 13.7 Å². The number of hydrogen-bond acceptors (Lipinski definition) is 5. The second-order valence-electron chi connectivity index (χ2n) is 6.86. The SMILES string of the molecule is CCOC1=C(CC)C=NC2=[N+](C)C(=O)N(CC(=O)NCc3ccccc3Cl)C(=O)C12. The lowest BCUT2D eigenvalue weighted by Crippen LogP contribution is -2.57. The highest BCUT2D eigenvalue weighted by molar-refractivity contribution is 6.31. The number of nitrogens with zero attached hydrogens (tertiary/aromatic N) is 3. The molecule has 0 aromatic heterocycles. The van der Waals surface area contributed by atoms with Crippen LogP contribution in [0.2, 0.25) is 5.02 Å². The highest BCUT2D eigenvalue weighted by Gasteiger charge is 2.51. The van der Waals surface area contributed by atoms with Crippen molar-refractivity contribution in [3.05, 3.63) is 46.2 Å². The van der Waals surface area contributed by atoms with Crippen molar-refractivity contribution < 1.29 is 23.7 Å². The van der Waals surface area contributed by atoms with Crippen LogP contribution in [0.15, 0.2) is 40.6 Å². The summed E-state index contributed by atoms with van der Waals surface area (Å²) >= 11 is 6.10. The molecule has 0 radical (unpaired) electrons. The number of carbonyl (C=O) groups excluding carboxylic acids is 3. The van der Waals surface area contributed by atoms with E-state index >= 15 is 0 Å². The molecule has 3 rings (SSSR count). The highest BCUT2D eigenvalue weighted by Crippen LogP contribution is 2.29. The summed E-state index contributed by atoms with van der Waals surface area (Å²) in [6.45, 7) is 3.93. The van der Waals surface area contributed by atoms with Crippen LogP contribution in [0.5, 0.6) is 0 Å². The smallest absolute Gasteiger partial charge is 0.446 e. The first-order valence-corrected chi connectivity index (χ1v) is 10.1. The van der Waals surface area contributed by atoms with Crippen LogP contribution in [0, 0.1) is 5.92 Å². The van der Waals surface area contributed by atoms with Crippen LogP contribution >= 0.6 is 11.6 Å². The number of rotatable bonds is 7. The molecule has 0 spiro atoms. The van der Waals surface area contributed by atoms with Gasteiger partial charge in [-0.05, 0) is 25.0 Å². The van der Waals surface area contributed by atoms with E-state index in [1.54, 1.807) is 24.4 Å². The lowest BCUT2D eigenvalue weighted by Gasteiger charge is -2.29. The third kappa shape index (κ3) is 4.14. The molecule has 4 amide bonds.